The summed E-state index contributed by atoms with van der Waals surface area (Å²) in [5, 5.41) is 10.6. The summed E-state index contributed by atoms with van der Waals surface area (Å²) in [6.07, 6.45) is 6.59. The minimum atomic E-state index is -0.865. The van der Waals surface area contributed by atoms with Crippen LogP contribution in [0.25, 0.3) is 0 Å². The molecule has 17 heavy (non-hydrogen) atoms. The van der Waals surface area contributed by atoms with Crippen LogP contribution in [0.2, 0.25) is 0 Å². The van der Waals surface area contributed by atoms with Crippen molar-refractivity contribution in [3.63, 3.8) is 0 Å². The van der Waals surface area contributed by atoms with Crippen LogP contribution in [-0.2, 0) is 12.0 Å². The van der Waals surface area contributed by atoms with Gasteiger partial charge in [0.25, 0.3) is 0 Å². The minimum absolute atomic E-state index is 0.865. The normalized spacial score (nSPS) is 23.9. The summed E-state index contributed by atoms with van der Waals surface area (Å²) in [4.78, 5) is 0. The molecule has 0 spiro atoms. The van der Waals surface area contributed by atoms with Gasteiger partial charge in [0.2, 0.25) is 0 Å². The van der Waals surface area contributed by atoms with Crippen molar-refractivity contribution in [2.24, 2.45) is 0 Å². The molecule has 0 saturated carbocycles. The molecule has 1 atom stereocenters. The molecule has 0 radical (unpaired) electrons. The lowest BCUT2D eigenvalue weighted by Gasteiger charge is -2.33. The summed E-state index contributed by atoms with van der Waals surface area (Å²) in [5.41, 5.74) is 3.55. The van der Waals surface area contributed by atoms with Crippen molar-refractivity contribution in [2.45, 2.75) is 25.9 Å². The fourth-order valence-corrected chi connectivity index (χ4v) is 2.37. The highest BCUT2D eigenvalue weighted by molar-refractivity contribution is 5.49. The molecule has 0 bridgehead atoms. The largest absolute Gasteiger partial charge is 0.381 e. The van der Waals surface area contributed by atoms with E-state index < -0.39 is 5.60 Å². The molecule has 2 rings (SSSR count). The first-order chi connectivity index (χ1) is 8.07. The second-order valence-corrected chi connectivity index (χ2v) is 4.65. The Hall–Kier alpha value is -1.60. The van der Waals surface area contributed by atoms with Crippen LogP contribution >= 0.6 is 0 Å². The molecule has 0 fully saturated rings. The second kappa shape index (κ2) is 4.34. The minimum Gasteiger partial charge on any atom is -0.381 e. The van der Waals surface area contributed by atoms with E-state index in [0.717, 1.165) is 17.6 Å². The third kappa shape index (κ3) is 1.98. The molecule has 1 aromatic carbocycles. The smallest absolute Gasteiger partial charge is 0.108 e. The monoisotopic (exact) mass is 226 g/mol. The number of benzene rings is 1. The van der Waals surface area contributed by atoms with Crippen molar-refractivity contribution < 1.29 is 5.11 Å². The number of fused-ring (bicyclic) bond motifs is 1. The van der Waals surface area contributed by atoms with Crippen LogP contribution in [0.4, 0.5) is 0 Å². The third-order valence-corrected chi connectivity index (χ3v) is 3.57. The summed E-state index contributed by atoms with van der Waals surface area (Å²) in [7, 11) is 0. The van der Waals surface area contributed by atoms with Gasteiger partial charge in [0, 0.05) is 0 Å². The molecule has 0 aromatic heterocycles. The van der Waals surface area contributed by atoms with Crippen molar-refractivity contribution in [3.8, 4) is 0 Å². The van der Waals surface area contributed by atoms with Gasteiger partial charge in [0.1, 0.15) is 5.60 Å². The summed E-state index contributed by atoms with van der Waals surface area (Å²) in [6, 6.07) is 8.08. The number of aliphatic hydroxyl groups is 1. The van der Waals surface area contributed by atoms with Gasteiger partial charge >= 0.3 is 0 Å². The van der Waals surface area contributed by atoms with Gasteiger partial charge in [-0.2, -0.15) is 0 Å². The maximum Gasteiger partial charge on any atom is 0.108 e. The molecule has 1 nitrogen and oxygen atoms in total. The first kappa shape index (κ1) is 11.9. The van der Waals surface area contributed by atoms with Crippen molar-refractivity contribution in [1.82, 2.24) is 0 Å². The van der Waals surface area contributed by atoms with Gasteiger partial charge < -0.3 is 5.11 Å². The Balaban J connectivity index is 2.54. The van der Waals surface area contributed by atoms with Crippen molar-refractivity contribution in [2.75, 3.05) is 0 Å². The number of hydrogen-bond acceptors (Lipinski definition) is 1. The zero-order valence-corrected chi connectivity index (χ0v) is 10.4. The number of hydrogen-bond donors (Lipinski definition) is 1. The molecule has 1 aromatic rings. The third-order valence-electron chi connectivity index (χ3n) is 3.57. The first-order valence-electron chi connectivity index (χ1n) is 5.87. The lowest BCUT2D eigenvalue weighted by Crippen LogP contribution is -2.29. The van der Waals surface area contributed by atoms with Crippen LogP contribution in [-0.4, -0.2) is 5.11 Å². The summed E-state index contributed by atoms with van der Waals surface area (Å²) < 4.78 is 0. The van der Waals surface area contributed by atoms with Crippen LogP contribution in [0.3, 0.4) is 0 Å². The quantitative estimate of drug-likeness (QED) is 0.765. The molecule has 1 aliphatic rings. The second-order valence-electron chi connectivity index (χ2n) is 4.65. The Bertz CT molecular complexity index is 504. The Labute approximate surface area is 103 Å². The fraction of sp³-hybridized carbons (Fsp3) is 0.250. The molecule has 0 amide bonds. The van der Waals surface area contributed by atoms with E-state index >= 15 is 0 Å². The van der Waals surface area contributed by atoms with Crippen LogP contribution in [0, 0.1) is 0 Å². The zero-order valence-electron chi connectivity index (χ0n) is 10.4. The highest BCUT2D eigenvalue weighted by atomic mass is 16.3. The van der Waals surface area contributed by atoms with E-state index in [2.05, 4.69) is 12.6 Å². The van der Waals surface area contributed by atoms with Crippen LogP contribution in [0.1, 0.15) is 25.0 Å². The summed E-state index contributed by atoms with van der Waals surface area (Å²) in [5.74, 6) is 0. The standard InChI is InChI=1S/C16H18O/c1-4-5-8-13-11-14-9-6-7-10-15(14)16(3,17)12(13)2/h4-10,17H,1,11H2,2-3H3/b8-5-. The predicted octanol–water partition coefficient (Wildman–Crippen LogP) is 3.51. The lowest BCUT2D eigenvalue weighted by atomic mass is 9.76. The summed E-state index contributed by atoms with van der Waals surface area (Å²) in [6.45, 7) is 7.54. The van der Waals surface area contributed by atoms with Gasteiger partial charge in [0.15, 0.2) is 0 Å². The van der Waals surface area contributed by atoms with Crippen LogP contribution in [0.15, 0.2) is 60.2 Å². The van der Waals surface area contributed by atoms with Gasteiger partial charge in [-0.15, -0.1) is 0 Å². The van der Waals surface area contributed by atoms with E-state index in [-0.39, 0.29) is 0 Å². The SMILES string of the molecule is C=C/C=C\C1=C(C)C(C)(O)c2ccccc2C1. The molecule has 1 aliphatic carbocycles. The van der Waals surface area contributed by atoms with E-state index in [1.807, 2.05) is 44.2 Å². The van der Waals surface area contributed by atoms with Crippen LogP contribution in [0.5, 0.6) is 0 Å². The van der Waals surface area contributed by atoms with E-state index in [1.165, 1.54) is 11.1 Å². The van der Waals surface area contributed by atoms with E-state index in [9.17, 15) is 5.11 Å². The molecule has 1 unspecified atom stereocenters. The summed E-state index contributed by atoms with van der Waals surface area (Å²) >= 11 is 0. The topological polar surface area (TPSA) is 20.2 Å². The van der Waals surface area contributed by atoms with E-state index in [4.69, 9.17) is 0 Å². The van der Waals surface area contributed by atoms with Gasteiger partial charge in [-0.3, -0.25) is 0 Å². The van der Waals surface area contributed by atoms with Gasteiger partial charge in [-0.05, 0) is 42.5 Å². The van der Waals surface area contributed by atoms with Gasteiger partial charge in [0.05, 0.1) is 0 Å². The molecule has 1 N–H and O–H groups in total. The molecular weight excluding hydrogens is 208 g/mol. The average molecular weight is 226 g/mol. The van der Waals surface area contributed by atoms with Crippen molar-refractivity contribution in [1.29, 1.82) is 0 Å². The molecule has 0 saturated heterocycles. The fourth-order valence-electron chi connectivity index (χ4n) is 2.37. The first-order valence-corrected chi connectivity index (χ1v) is 5.87. The molecular formula is C16H18O. The van der Waals surface area contributed by atoms with Gasteiger partial charge in [-0.25, -0.2) is 0 Å². The van der Waals surface area contributed by atoms with Crippen molar-refractivity contribution in [3.05, 3.63) is 71.3 Å². The highest BCUT2D eigenvalue weighted by Gasteiger charge is 2.32. The number of rotatable bonds is 2. The molecule has 0 aliphatic heterocycles. The van der Waals surface area contributed by atoms with Crippen LogP contribution < -0.4 is 0 Å². The Kier molecular flexibility index (Phi) is 3.03. The molecule has 1 heteroatoms. The van der Waals surface area contributed by atoms with E-state index in [0.29, 0.717) is 0 Å². The maximum absolute atomic E-state index is 10.6. The predicted molar refractivity (Wildman–Crippen MR) is 71.8 cm³/mol. The Morgan fingerprint density at radius 1 is 1.35 bits per heavy atom. The Morgan fingerprint density at radius 3 is 2.76 bits per heavy atom. The maximum atomic E-state index is 10.6. The van der Waals surface area contributed by atoms with E-state index in [1.54, 1.807) is 6.08 Å². The van der Waals surface area contributed by atoms with Crippen molar-refractivity contribution >= 4 is 0 Å². The highest BCUT2D eigenvalue weighted by Crippen LogP contribution is 2.39. The Morgan fingerprint density at radius 2 is 2.06 bits per heavy atom. The molecule has 88 valence electrons. The zero-order chi connectivity index (χ0) is 12.5. The van der Waals surface area contributed by atoms with Gasteiger partial charge in [-0.1, -0.05) is 49.1 Å². The number of allylic oxidation sites excluding steroid dienone is 4. The average Bonchev–Trinajstić information content (AvgIpc) is 2.32. The lowest BCUT2D eigenvalue weighted by molar-refractivity contribution is 0.0932. The molecule has 0 heterocycles.